The van der Waals surface area contributed by atoms with E-state index in [1.54, 1.807) is 4.90 Å². The number of ether oxygens (including phenoxy) is 1. The van der Waals surface area contributed by atoms with Crippen LogP contribution in [0.2, 0.25) is 0 Å². The minimum Gasteiger partial charge on any atom is -0.459 e. The fraction of sp³-hybridized carbons (Fsp3) is 0.667. The summed E-state index contributed by atoms with van der Waals surface area (Å²) < 4.78 is 5.53. The molecule has 0 radical (unpaired) electrons. The molecule has 1 amide bonds. The minimum atomic E-state index is -0.523. The number of likely N-dealkylation sites (tertiary alicyclic amines) is 1. The molecule has 1 aromatic rings. The van der Waals surface area contributed by atoms with Crippen molar-refractivity contribution >= 4 is 11.9 Å². The summed E-state index contributed by atoms with van der Waals surface area (Å²) in [5.74, 6) is 3.05. The molecule has 1 aromatic carbocycles. The van der Waals surface area contributed by atoms with Crippen molar-refractivity contribution in [3.05, 3.63) is 35.9 Å². The van der Waals surface area contributed by atoms with Gasteiger partial charge in [-0.25, -0.2) is 4.79 Å². The van der Waals surface area contributed by atoms with Gasteiger partial charge in [0, 0.05) is 6.54 Å². The van der Waals surface area contributed by atoms with E-state index in [1.165, 1.54) is 12.8 Å². The van der Waals surface area contributed by atoms with Gasteiger partial charge < -0.3 is 15.4 Å². The largest absolute Gasteiger partial charge is 0.459 e. The first-order valence-corrected chi connectivity index (χ1v) is 11.2. The highest BCUT2D eigenvalue weighted by Crippen LogP contribution is 2.67. The molecule has 4 atom stereocenters. The third kappa shape index (κ3) is 3.18. The number of rotatable bonds is 5. The first kappa shape index (κ1) is 19.1. The lowest BCUT2D eigenvalue weighted by atomic mass is 9.39. The average molecular weight is 397 g/mol. The van der Waals surface area contributed by atoms with Gasteiger partial charge in [-0.3, -0.25) is 4.79 Å². The summed E-state index contributed by atoms with van der Waals surface area (Å²) in [6.45, 7) is 3.05. The SMILES string of the molecule is CC1(C(N)C(=O)N2CCCC2C(=O)OCc2ccccc2)CC2CC3CC(C1)C32. The number of benzene rings is 1. The third-order valence-electron chi connectivity index (χ3n) is 8.35. The first-order chi connectivity index (χ1) is 14.0. The predicted molar refractivity (Wildman–Crippen MR) is 109 cm³/mol. The first-order valence-electron chi connectivity index (χ1n) is 11.2. The molecular formula is C24H32N2O3. The predicted octanol–water partition coefficient (Wildman–Crippen LogP) is 3.12. The highest BCUT2D eigenvalue weighted by Gasteiger charge is 2.61. The molecule has 0 bridgehead atoms. The van der Waals surface area contributed by atoms with Gasteiger partial charge in [-0.1, -0.05) is 37.3 Å². The zero-order chi connectivity index (χ0) is 20.2. The monoisotopic (exact) mass is 396 g/mol. The van der Waals surface area contributed by atoms with Crippen LogP contribution < -0.4 is 5.73 Å². The Balaban J connectivity index is 1.23. The molecule has 29 heavy (non-hydrogen) atoms. The molecule has 4 unspecified atom stereocenters. The molecular weight excluding hydrogens is 364 g/mol. The smallest absolute Gasteiger partial charge is 0.329 e. The number of esters is 1. The quantitative estimate of drug-likeness (QED) is 0.776. The van der Waals surface area contributed by atoms with Gasteiger partial charge in [0.2, 0.25) is 5.91 Å². The van der Waals surface area contributed by atoms with Crippen molar-refractivity contribution in [1.82, 2.24) is 4.90 Å². The molecule has 5 rings (SSSR count). The lowest BCUT2D eigenvalue weighted by Gasteiger charge is -2.66. The Morgan fingerprint density at radius 2 is 1.86 bits per heavy atom. The van der Waals surface area contributed by atoms with Gasteiger partial charge >= 0.3 is 5.97 Å². The van der Waals surface area contributed by atoms with Gasteiger partial charge in [0.15, 0.2) is 0 Å². The molecule has 1 saturated heterocycles. The van der Waals surface area contributed by atoms with Crippen LogP contribution in [0.3, 0.4) is 0 Å². The Labute approximate surface area is 173 Å². The Morgan fingerprint density at radius 3 is 2.52 bits per heavy atom. The maximum absolute atomic E-state index is 13.4. The molecule has 0 aromatic heterocycles. The van der Waals surface area contributed by atoms with E-state index in [1.807, 2.05) is 30.3 Å². The number of carbonyl (C=O) groups excluding carboxylic acids is 2. The molecule has 2 N–H and O–H groups in total. The van der Waals surface area contributed by atoms with Crippen molar-refractivity contribution < 1.29 is 14.3 Å². The van der Waals surface area contributed by atoms with Crippen LogP contribution in [0.5, 0.6) is 0 Å². The van der Waals surface area contributed by atoms with Crippen molar-refractivity contribution in [2.24, 2.45) is 34.8 Å². The maximum Gasteiger partial charge on any atom is 0.329 e. The molecule has 4 fully saturated rings. The van der Waals surface area contributed by atoms with Gasteiger partial charge in [-0.2, -0.15) is 0 Å². The van der Waals surface area contributed by atoms with Crippen molar-refractivity contribution in [3.8, 4) is 0 Å². The second-order valence-corrected chi connectivity index (χ2v) is 10.2. The van der Waals surface area contributed by atoms with E-state index >= 15 is 0 Å². The van der Waals surface area contributed by atoms with E-state index in [0.29, 0.717) is 13.0 Å². The summed E-state index contributed by atoms with van der Waals surface area (Å²) in [7, 11) is 0. The lowest BCUT2D eigenvalue weighted by Crippen LogP contribution is -2.63. The normalized spacial score (nSPS) is 38.4. The molecule has 4 aliphatic rings. The number of amides is 1. The topological polar surface area (TPSA) is 72.6 Å². The summed E-state index contributed by atoms with van der Waals surface area (Å²) in [5, 5.41) is 0. The molecule has 1 heterocycles. The van der Waals surface area contributed by atoms with E-state index in [4.69, 9.17) is 10.5 Å². The van der Waals surface area contributed by atoms with Crippen LogP contribution in [-0.2, 0) is 20.9 Å². The van der Waals surface area contributed by atoms with E-state index in [2.05, 4.69) is 6.92 Å². The average Bonchev–Trinajstić information content (AvgIpc) is 3.18. The summed E-state index contributed by atoms with van der Waals surface area (Å²) in [6, 6.07) is 8.64. The van der Waals surface area contributed by atoms with E-state index in [-0.39, 0.29) is 23.9 Å². The van der Waals surface area contributed by atoms with Crippen LogP contribution in [-0.4, -0.2) is 35.4 Å². The molecule has 0 spiro atoms. The van der Waals surface area contributed by atoms with Gasteiger partial charge in [0.25, 0.3) is 0 Å². The fourth-order valence-electron chi connectivity index (χ4n) is 6.82. The minimum absolute atomic E-state index is 0.0553. The number of carbonyl (C=O) groups is 2. The van der Waals surface area contributed by atoms with Gasteiger partial charge in [0.1, 0.15) is 12.6 Å². The highest BCUT2D eigenvalue weighted by molar-refractivity contribution is 5.88. The second kappa shape index (κ2) is 7.12. The summed E-state index contributed by atoms with van der Waals surface area (Å²) >= 11 is 0. The van der Waals surface area contributed by atoms with Crippen molar-refractivity contribution in [3.63, 3.8) is 0 Å². The summed E-state index contributed by atoms with van der Waals surface area (Å²) in [5.41, 5.74) is 7.41. The van der Waals surface area contributed by atoms with Crippen molar-refractivity contribution in [2.45, 2.75) is 64.1 Å². The van der Waals surface area contributed by atoms with Crippen LogP contribution in [0.4, 0.5) is 0 Å². The van der Waals surface area contributed by atoms with Crippen LogP contribution >= 0.6 is 0 Å². The standard InChI is InChI=1S/C24H32N2O3/c1-24(12-17-10-16-11-18(13-24)20(16)17)21(25)22(27)26-9-5-8-19(26)23(28)29-14-15-6-3-2-4-7-15/h2-4,6-7,16-21H,5,8-14,25H2,1H3. The summed E-state index contributed by atoms with van der Waals surface area (Å²) in [4.78, 5) is 27.8. The van der Waals surface area contributed by atoms with E-state index in [9.17, 15) is 9.59 Å². The highest BCUT2D eigenvalue weighted by atomic mass is 16.5. The van der Waals surface area contributed by atoms with Crippen LogP contribution in [0, 0.1) is 29.1 Å². The van der Waals surface area contributed by atoms with Crippen molar-refractivity contribution in [1.29, 1.82) is 0 Å². The fourth-order valence-corrected chi connectivity index (χ4v) is 6.82. The van der Waals surface area contributed by atoms with Crippen LogP contribution in [0.25, 0.3) is 0 Å². The molecule has 1 aliphatic heterocycles. The Morgan fingerprint density at radius 1 is 1.17 bits per heavy atom. The van der Waals surface area contributed by atoms with Crippen molar-refractivity contribution in [2.75, 3.05) is 6.54 Å². The Bertz CT molecular complexity index is 779. The molecule has 5 heteroatoms. The molecule has 3 saturated carbocycles. The van der Waals surface area contributed by atoms with Gasteiger partial charge in [0.05, 0.1) is 6.04 Å². The third-order valence-corrected chi connectivity index (χ3v) is 8.35. The zero-order valence-electron chi connectivity index (χ0n) is 17.3. The Hall–Kier alpha value is -1.88. The van der Waals surface area contributed by atoms with Crippen LogP contribution in [0.15, 0.2) is 30.3 Å². The second-order valence-electron chi connectivity index (χ2n) is 10.2. The Kier molecular flexibility index (Phi) is 4.69. The molecule has 5 nitrogen and oxygen atoms in total. The van der Waals surface area contributed by atoms with Crippen LogP contribution in [0.1, 0.15) is 51.0 Å². The van der Waals surface area contributed by atoms with Gasteiger partial charge in [-0.05, 0) is 73.2 Å². The van der Waals surface area contributed by atoms with E-state index < -0.39 is 12.1 Å². The maximum atomic E-state index is 13.4. The molecule has 156 valence electrons. The number of hydrogen-bond donors (Lipinski definition) is 1. The summed E-state index contributed by atoms with van der Waals surface area (Å²) in [6.07, 6.45) is 6.28. The number of nitrogens with two attached hydrogens (primary N) is 1. The van der Waals surface area contributed by atoms with Gasteiger partial charge in [-0.15, -0.1) is 0 Å². The molecule has 3 aliphatic carbocycles. The van der Waals surface area contributed by atoms with E-state index in [0.717, 1.165) is 48.5 Å². The number of hydrogen-bond acceptors (Lipinski definition) is 4. The lowest BCUT2D eigenvalue weighted by molar-refractivity contribution is -0.171. The number of nitrogens with zero attached hydrogens (tertiary/aromatic N) is 1. The zero-order valence-corrected chi connectivity index (χ0v) is 17.3.